The van der Waals surface area contributed by atoms with E-state index in [1.54, 1.807) is 10.6 Å². The second-order valence-electron chi connectivity index (χ2n) is 19.9. The van der Waals surface area contributed by atoms with Crippen LogP contribution in [0.4, 0.5) is 0 Å². The van der Waals surface area contributed by atoms with Crippen LogP contribution in [0.15, 0.2) is 108 Å². The summed E-state index contributed by atoms with van der Waals surface area (Å²) in [5.74, 6) is 1.45. The number of benzene rings is 2. The Labute approximate surface area is 423 Å². The molecule has 0 amide bonds. The van der Waals surface area contributed by atoms with Crippen LogP contribution in [0.3, 0.4) is 0 Å². The van der Waals surface area contributed by atoms with Crippen LogP contribution >= 0.6 is 15.8 Å². The summed E-state index contributed by atoms with van der Waals surface area (Å²) in [7, 11) is -0.369. The molecule has 2 aliphatic rings. The molecule has 0 nitrogen and oxygen atoms in total. The van der Waals surface area contributed by atoms with E-state index in [0.29, 0.717) is 20.6 Å². The molecule has 2 atom stereocenters. The number of hydrogen-bond acceptors (Lipinski definition) is 0. The topological polar surface area (TPSA) is 0 Å². The number of halogens is 2. The molecule has 0 saturated heterocycles. The molecule has 0 heterocycles. The van der Waals surface area contributed by atoms with E-state index in [4.69, 9.17) is 0 Å². The quantitative estimate of drug-likeness (QED) is 0.122. The normalized spacial score (nSPS) is 14.5. The summed E-state index contributed by atoms with van der Waals surface area (Å²) in [6, 6.07) is 27.0. The Balaban J connectivity index is 0. The average Bonchev–Trinajstić information content (AvgIpc) is 3.90. The Morgan fingerprint density at radius 1 is 0.533 bits per heavy atom. The zero-order valence-electron chi connectivity index (χ0n) is 40.3. The van der Waals surface area contributed by atoms with Crippen molar-refractivity contribution in [1.82, 2.24) is 0 Å². The molecular formula is C54H78Cl2P2Zr2-2. The third-order valence-electron chi connectivity index (χ3n) is 10.4. The van der Waals surface area contributed by atoms with Gasteiger partial charge in [-0.1, -0.05) is 163 Å². The van der Waals surface area contributed by atoms with Crippen LogP contribution < -0.4 is 35.4 Å². The van der Waals surface area contributed by atoms with Gasteiger partial charge < -0.3 is 24.8 Å². The van der Waals surface area contributed by atoms with Crippen molar-refractivity contribution in [3.05, 3.63) is 120 Å². The number of hydrogen-bond donors (Lipinski definition) is 0. The fourth-order valence-electron chi connectivity index (χ4n) is 8.79. The van der Waals surface area contributed by atoms with Gasteiger partial charge in [-0.05, 0) is 33.5 Å². The Bertz CT molecular complexity index is 1680. The van der Waals surface area contributed by atoms with Gasteiger partial charge in [-0.25, -0.2) is 23.3 Å². The van der Waals surface area contributed by atoms with Gasteiger partial charge >= 0.3 is 52.4 Å². The molecule has 4 aromatic rings. The summed E-state index contributed by atoms with van der Waals surface area (Å²) in [6.45, 7) is 37.5. The molecule has 0 fully saturated rings. The summed E-state index contributed by atoms with van der Waals surface area (Å²) in [6.07, 6.45) is 22.7. The second-order valence-corrected chi connectivity index (χ2v) is 27.6. The molecule has 60 heavy (non-hydrogen) atoms. The van der Waals surface area contributed by atoms with Crippen molar-refractivity contribution in [2.45, 2.75) is 170 Å². The van der Waals surface area contributed by atoms with Crippen LogP contribution in [0, 0.1) is 24.0 Å². The molecular weight excluding hydrogens is 964 g/mol. The van der Waals surface area contributed by atoms with Crippen molar-refractivity contribution in [2.75, 3.05) is 0 Å². The van der Waals surface area contributed by atoms with E-state index in [0.717, 1.165) is 24.7 Å². The van der Waals surface area contributed by atoms with E-state index < -0.39 is 0 Å². The minimum Gasteiger partial charge on any atom is -1.00 e. The van der Waals surface area contributed by atoms with Gasteiger partial charge in [-0.2, -0.15) is 24.3 Å². The van der Waals surface area contributed by atoms with Gasteiger partial charge in [0.05, 0.1) is 0 Å². The first-order valence-electron chi connectivity index (χ1n) is 21.5. The minimum absolute atomic E-state index is 0. The fraction of sp³-hybridized carbons (Fsp3) is 0.519. The third-order valence-corrected chi connectivity index (χ3v) is 17.3. The molecule has 0 radical (unpaired) electrons. The zero-order chi connectivity index (χ0) is 41.9. The van der Waals surface area contributed by atoms with Gasteiger partial charge in [0, 0.05) is 0 Å². The predicted molar refractivity (Wildman–Crippen MR) is 260 cm³/mol. The second kappa shape index (κ2) is 28.0. The van der Waals surface area contributed by atoms with Crippen LogP contribution in [0.5, 0.6) is 0 Å². The van der Waals surface area contributed by atoms with E-state index in [2.05, 4.69) is 220 Å². The molecule has 0 aliphatic heterocycles. The fourth-order valence-corrected chi connectivity index (χ4v) is 17.0. The molecule has 0 N–H and O–H groups in total. The maximum absolute atomic E-state index is 3.35. The van der Waals surface area contributed by atoms with Gasteiger partial charge in [0.15, 0.2) is 0 Å². The van der Waals surface area contributed by atoms with Crippen molar-refractivity contribution in [2.24, 2.45) is 11.8 Å². The van der Waals surface area contributed by atoms with E-state index in [1.165, 1.54) is 58.4 Å². The van der Waals surface area contributed by atoms with E-state index in [-0.39, 0.29) is 93.1 Å². The van der Waals surface area contributed by atoms with Crippen molar-refractivity contribution >= 4 is 48.0 Å². The molecule has 2 aliphatic carbocycles. The number of allylic oxidation sites excluding steroid dienone is 8. The maximum Gasteiger partial charge on any atom is 2.00 e. The zero-order valence-corrected chi connectivity index (χ0v) is 48.5. The maximum atomic E-state index is 3.35. The van der Waals surface area contributed by atoms with Crippen LogP contribution in [-0.4, -0.2) is 20.6 Å². The van der Waals surface area contributed by atoms with E-state index in [1.807, 2.05) is 0 Å². The van der Waals surface area contributed by atoms with Gasteiger partial charge in [0.2, 0.25) is 0 Å². The van der Waals surface area contributed by atoms with Crippen molar-refractivity contribution in [3.8, 4) is 0 Å². The Morgan fingerprint density at radius 3 is 1.07 bits per heavy atom. The van der Waals surface area contributed by atoms with Crippen LogP contribution in [0.2, 0.25) is 0 Å². The Kier molecular flexibility index (Phi) is 28.9. The summed E-state index contributed by atoms with van der Waals surface area (Å²) in [4.78, 5) is 0. The molecule has 4 aromatic carbocycles. The minimum atomic E-state index is -0.185. The summed E-state index contributed by atoms with van der Waals surface area (Å²) >= 11 is 0. The molecule has 2 unspecified atom stereocenters. The van der Waals surface area contributed by atoms with E-state index >= 15 is 0 Å². The predicted octanol–water partition coefficient (Wildman–Crippen LogP) is 10.8. The molecule has 0 bridgehead atoms. The largest absolute Gasteiger partial charge is 2.00 e. The molecule has 0 aromatic heterocycles. The van der Waals surface area contributed by atoms with Crippen molar-refractivity contribution in [3.63, 3.8) is 0 Å². The first-order valence-corrected chi connectivity index (χ1v) is 24.2. The molecule has 6 heteroatoms. The summed E-state index contributed by atoms with van der Waals surface area (Å²) in [5, 5.41) is 10.0. The SMILES string of the molecule is CC(C)(C)P(c1cc2ccccc2[cH-]1)C(C)(C)C.CC(C)(C)P(c1cc2ccccc2[cH-]1)C(C)(C)C.CCCC(C)C1=[C-]CC=C1.CCCC(C)C1=[C-]CC=C1.[Cl-].[Cl-].[Zr+2].[Zr+2]. The standard InChI is InChI=1S/2C17H24P.2C10H15.2ClH.2Zr/c2*1-16(2,3)18(17(4,5)6)15-11-13-9-7-8-10-14(13)12-15;2*1-3-6-9(2)10-7-4-5-8-10;;;;/h2*7-12H,1-6H3;2*4,7,9H,3,5-6H2,1-2H3;2*1H;;/q4*-1;;;2*+2/p-2. The molecule has 328 valence electrons. The number of rotatable bonds is 8. The van der Waals surface area contributed by atoms with Crippen molar-refractivity contribution in [1.29, 1.82) is 0 Å². The third kappa shape index (κ3) is 19.5. The Hall–Kier alpha value is -0.174. The summed E-state index contributed by atoms with van der Waals surface area (Å²) < 4.78 is 0. The number of fused-ring (bicyclic) bond motifs is 2. The molecule has 0 spiro atoms. The van der Waals surface area contributed by atoms with Gasteiger partial charge in [-0.3, -0.25) is 12.2 Å². The van der Waals surface area contributed by atoms with Crippen LogP contribution in [0.1, 0.15) is 149 Å². The van der Waals surface area contributed by atoms with Gasteiger partial charge in [-0.15, -0.1) is 93.5 Å². The average molecular weight is 1040 g/mol. The van der Waals surface area contributed by atoms with Gasteiger partial charge in [0.1, 0.15) is 0 Å². The molecule has 0 saturated carbocycles. The smallest absolute Gasteiger partial charge is 1.00 e. The first-order chi connectivity index (χ1) is 26.1. The first kappa shape index (κ1) is 61.9. The van der Waals surface area contributed by atoms with Crippen LogP contribution in [-0.2, 0) is 52.4 Å². The van der Waals surface area contributed by atoms with Gasteiger partial charge in [0.25, 0.3) is 0 Å². The van der Waals surface area contributed by atoms with Crippen molar-refractivity contribution < 1.29 is 77.2 Å². The van der Waals surface area contributed by atoms with E-state index in [9.17, 15) is 0 Å². The monoisotopic (exact) mass is 1040 g/mol. The molecule has 6 rings (SSSR count). The summed E-state index contributed by atoms with van der Waals surface area (Å²) in [5.41, 5.74) is 2.84. The Morgan fingerprint density at radius 2 is 0.833 bits per heavy atom. The van der Waals surface area contributed by atoms with Crippen LogP contribution in [0.25, 0.3) is 21.5 Å².